The van der Waals surface area contributed by atoms with Crippen molar-refractivity contribution in [2.75, 3.05) is 26.8 Å². The highest BCUT2D eigenvalue weighted by Gasteiger charge is 2.30. The van der Waals surface area contributed by atoms with Crippen LogP contribution < -0.4 is 0 Å². The van der Waals surface area contributed by atoms with E-state index in [1.165, 1.54) is 38.5 Å². The minimum absolute atomic E-state index is 0.0866. The maximum absolute atomic E-state index is 10.2. The zero-order valence-corrected chi connectivity index (χ0v) is 11.1. The molecule has 1 heterocycles. The largest absolute Gasteiger partial charge is 0.391 e. The molecule has 0 spiro atoms. The summed E-state index contributed by atoms with van der Waals surface area (Å²) in [7, 11) is 1.79. The van der Waals surface area contributed by atoms with Gasteiger partial charge in [0.15, 0.2) is 0 Å². The zero-order valence-electron chi connectivity index (χ0n) is 11.1. The van der Waals surface area contributed by atoms with Crippen molar-refractivity contribution in [3.05, 3.63) is 0 Å². The lowest BCUT2D eigenvalue weighted by molar-refractivity contribution is 0.0150. The fourth-order valence-corrected chi connectivity index (χ4v) is 3.38. The lowest BCUT2D eigenvalue weighted by Crippen LogP contribution is -2.47. The zero-order chi connectivity index (χ0) is 12.1. The van der Waals surface area contributed by atoms with Crippen LogP contribution in [0.25, 0.3) is 0 Å². The number of likely N-dealkylation sites (tertiary alicyclic amines) is 1. The topological polar surface area (TPSA) is 32.7 Å². The van der Waals surface area contributed by atoms with Gasteiger partial charge in [-0.3, -0.25) is 4.90 Å². The fraction of sp³-hybridized carbons (Fsp3) is 1.00. The van der Waals surface area contributed by atoms with Crippen molar-refractivity contribution in [1.29, 1.82) is 0 Å². The maximum atomic E-state index is 10.2. The lowest BCUT2D eigenvalue weighted by Gasteiger charge is -2.39. The highest BCUT2D eigenvalue weighted by atomic mass is 16.5. The maximum Gasteiger partial charge on any atom is 0.0695 e. The molecule has 2 fully saturated rings. The van der Waals surface area contributed by atoms with Gasteiger partial charge in [-0.25, -0.2) is 0 Å². The average Bonchev–Trinajstić information content (AvgIpc) is 2.56. The first kappa shape index (κ1) is 13.3. The molecule has 1 N–H and O–H groups in total. The first-order valence-corrected chi connectivity index (χ1v) is 7.22. The second kappa shape index (κ2) is 6.72. The van der Waals surface area contributed by atoms with Crippen LogP contribution in [0.2, 0.25) is 0 Å². The Morgan fingerprint density at radius 3 is 2.47 bits per heavy atom. The predicted molar refractivity (Wildman–Crippen MR) is 69.1 cm³/mol. The summed E-state index contributed by atoms with van der Waals surface area (Å²) in [5.74, 6) is 0.735. The Hall–Kier alpha value is -0.120. The number of ether oxygens (including phenoxy) is 1. The molecule has 2 unspecified atom stereocenters. The second-order valence-corrected chi connectivity index (χ2v) is 5.71. The molecule has 1 saturated carbocycles. The molecular weight excluding hydrogens is 214 g/mol. The average molecular weight is 241 g/mol. The molecule has 3 heteroatoms. The van der Waals surface area contributed by atoms with Gasteiger partial charge in [-0.1, -0.05) is 19.3 Å². The first-order valence-electron chi connectivity index (χ1n) is 7.22. The van der Waals surface area contributed by atoms with Crippen LogP contribution in [0.5, 0.6) is 0 Å². The summed E-state index contributed by atoms with van der Waals surface area (Å²) in [6.07, 6.45) is 8.37. The second-order valence-electron chi connectivity index (χ2n) is 5.71. The smallest absolute Gasteiger partial charge is 0.0695 e. The summed E-state index contributed by atoms with van der Waals surface area (Å²) in [6.45, 7) is 3.20. The number of rotatable bonds is 3. The van der Waals surface area contributed by atoms with Crippen molar-refractivity contribution in [2.45, 2.75) is 57.1 Å². The molecule has 2 atom stereocenters. The van der Waals surface area contributed by atoms with Crippen LogP contribution in [0.15, 0.2) is 0 Å². The highest BCUT2D eigenvalue weighted by Crippen LogP contribution is 2.26. The van der Waals surface area contributed by atoms with Crippen LogP contribution in [0, 0.1) is 5.92 Å². The molecule has 1 aliphatic carbocycles. The number of aliphatic hydroxyl groups is 1. The molecule has 2 aliphatic rings. The fourth-order valence-electron chi connectivity index (χ4n) is 3.38. The number of hydrogen-bond acceptors (Lipinski definition) is 3. The van der Waals surface area contributed by atoms with Gasteiger partial charge < -0.3 is 9.84 Å². The van der Waals surface area contributed by atoms with E-state index in [0.29, 0.717) is 6.04 Å². The summed E-state index contributed by atoms with van der Waals surface area (Å²) in [5.41, 5.74) is 0. The molecule has 0 aromatic heterocycles. The van der Waals surface area contributed by atoms with Gasteiger partial charge in [0.2, 0.25) is 0 Å². The molecule has 3 nitrogen and oxygen atoms in total. The third-order valence-corrected chi connectivity index (χ3v) is 4.46. The lowest BCUT2D eigenvalue weighted by atomic mass is 9.94. The summed E-state index contributed by atoms with van der Waals surface area (Å²) in [6, 6.07) is 0.431. The number of nitrogens with zero attached hydrogens (tertiary/aromatic N) is 1. The number of hydrogen-bond donors (Lipinski definition) is 1. The van der Waals surface area contributed by atoms with E-state index >= 15 is 0 Å². The Morgan fingerprint density at radius 1 is 1.06 bits per heavy atom. The third kappa shape index (κ3) is 3.67. The minimum Gasteiger partial charge on any atom is -0.391 e. The molecule has 1 saturated heterocycles. The Balaban J connectivity index is 1.82. The van der Waals surface area contributed by atoms with Gasteiger partial charge in [0, 0.05) is 19.8 Å². The molecule has 2 rings (SSSR count). The van der Waals surface area contributed by atoms with E-state index in [4.69, 9.17) is 4.74 Å². The van der Waals surface area contributed by atoms with E-state index in [1.807, 2.05) is 0 Å². The van der Waals surface area contributed by atoms with Gasteiger partial charge in [-0.2, -0.15) is 0 Å². The third-order valence-electron chi connectivity index (χ3n) is 4.46. The molecule has 0 bridgehead atoms. The van der Waals surface area contributed by atoms with Crippen LogP contribution in [-0.4, -0.2) is 49.0 Å². The molecule has 0 radical (unpaired) electrons. The standard InChI is InChI=1S/C14H27NO2/c1-17-11-12-7-9-15(10-8-12)13-5-3-2-4-6-14(13)16/h12-14,16H,2-11H2,1H3. The van der Waals surface area contributed by atoms with Gasteiger partial charge in [-0.05, 0) is 44.7 Å². The van der Waals surface area contributed by atoms with E-state index in [1.54, 1.807) is 7.11 Å². The van der Waals surface area contributed by atoms with Crippen LogP contribution >= 0.6 is 0 Å². The van der Waals surface area contributed by atoms with Crippen molar-refractivity contribution < 1.29 is 9.84 Å². The van der Waals surface area contributed by atoms with E-state index in [9.17, 15) is 5.11 Å². The van der Waals surface area contributed by atoms with Gasteiger partial charge in [0.25, 0.3) is 0 Å². The Bertz CT molecular complexity index is 214. The van der Waals surface area contributed by atoms with Gasteiger partial charge in [0.1, 0.15) is 0 Å². The number of aliphatic hydroxyl groups excluding tert-OH is 1. The van der Waals surface area contributed by atoms with Gasteiger partial charge in [0.05, 0.1) is 6.10 Å². The van der Waals surface area contributed by atoms with Crippen LogP contribution in [0.1, 0.15) is 44.9 Å². The van der Waals surface area contributed by atoms with Crippen LogP contribution in [-0.2, 0) is 4.74 Å². The summed E-state index contributed by atoms with van der Waals surface area (Å²) in [4.78, 5) is 2.53. The molecule has 1 aliphatic heterocycles. The Kier molecular flexibility index (Phi) is 5.26. The van der Waals surface area contributed by atoms with E-state index in [-0.39, 0.29) is 6.10 Å². The highest BCUT2D eigenvalue weighted by molar-refractivity contribution is 4.84. The SMILES string of the molecule is COCC1CCN(C2CCCCCC2O)CC1. The van der Waals surface area contributed by atoms with Crippen LogP contribution in [0.4, 0.5) is 0 Å². The summed E-state index contributed by atoms with van der Waals surface area (Å²) in [5, 5.41) is 10.2. The molecule has 0 aromatic carbocycles. The van der Waals surface area contributed by atoms with E-state index in [2.05, 4.69) is 4.90 Å². The number of methoxy groups -OCH3 is 1. The van der Waals surface area contributed by atoms with Crippen LogP contribution in [0.3, 0.4) is 0 Å². The van der Waals surface area contributed by atoms with Crippen molar-refractivity contribution >= 4 is 0 Å². The predicted octanol–water partition coefficient (Wildman–Crippen LogP) is 2.04. The monoisotopic (exact) mass is 241 g/mol. The Morgan fingerprint density at radius 2 is 1.76 bits per heavy atom. The Labute approximate surface area is 105 Å². The number of piperidine rings is 1. The summed E-state index contributed by atoms with van der Waals surface area (Å²) < 4.78 is 5.24. The molecular formula is C14H27NO2. The van der Waals surface area contributed by atoms with Crippen molar-refractivity contribution in [2.24, 2.45) is 5.92 Å². The molecule has 17 heavy (non-hydrogen) atoms. The van der Waals surface area contributed by atoms with Gasteiger partial charge >= 0.3 is 0 Å². The van der Waals surface area contributed by atoms with Crippen molar-refractivity contribution in [3.8, 4) is 0 Å². The van der Waals surface area contributed by atoms with E-state index in [0.717, 1.165) is 32.0 Å². The van der Waals surface area contributed by atoms with E-state index < -0.39 is 0 Å². The minimum atomic E-state index is -0.0866. The normalized spacial score (nSPS) is 33.5. The molecule has 0 aromatic rings. The first-order chi connectivity index (χ1) is 8.31. The summed E-state index contributed by atoms with van der Waals surface area (Å²) >= 11 is 0. The molecule has 100 valence electrons. The van der Waals surface area contributed by atoms with Crippen molar-refractivity contribution in [3.63, 3.8) is 0 Å². The van der Waals surface area contributed by atoms with Crippen molar-refractivity contribution in [1.82, 2.24) is 4.90 Å². The quantitative estimate of drug-likeness (QED) is 0.768. The van der Waals surface area contributed by atoms with Gasteiger partial charge in [-0.15, -0.1) is 0 Å². The molecule has 0 amide bonds.